The molecule has 1 aromatic heterocycles. The average molecular weight is 488 g/mol. The van der Waals surface area contributed by atoms with Gasteiger partial charge >= 0.3 is 0 Å². The Hall–Kier alpha value is -1.46. The maximum atomic E-state index is 13.7. The number of carbonyl (C=O) groups excluding carboxylic acids is 1. The number of hydrogen-bond acceptors (Lipinski definition) is 7. The second-order valence-electron chi connectivity index (χ2n) is 7.89. The second-order valence-corrected chi connectivity index (χ2v) is 11.2. The Balaban J connectivity index is 1.74. The predicted octanol–water partition coefficient (Wildman–Crippen LogP) is 3.28. The highest BCUT2D eigenvalue weighted by Gasteiger charge is 2.39. The lowest BCUT2D eigenvalue weighted by Gasteiger charge is -2.35. The molecule has 2 aliphatic rings. The van der Waals surface area contributed by atoms with Crippen molar-refractivity contribution in [1.29, 1.82) is 0 Å². The van der Waals surface area contributed by atoms with E-state index in [1.807, 2.05) is 0 Å². The molecule has 0 bridgehead atoms. The molecule has 2 aliphatic heterocycles. The number of carbonyl (C=O) groups is 1. The molecule has 4 rings (SSSR count). The minimum absolute atomic E-state index is 0.108. The zero-order valence-electron chi connectivity index (χ0n) is 17.5. The van der Waals surface area contributed by atoms with E-state index >= 15 is 0 Å². The summed E-state index contributed by atoms with van der Waals surface area (Å²) in [7, 11) is -1.95. The van der Waals surface area contributed by atoms with Crippen molar-refractivity contribution in [2.24, 2.45) is 0 Å². The molecule has 3 heterocycles. The smallest absolute Gasteiger partial charge is 0.247 e. The van der Waals surface area contributed by atoms with Crippen LogP contribution in [0.1, 0.15) is 32.1 Å². The minimum Gasteiger partial charge on any atom is -0.494 e. The summed E-state index contributed by atoms with van der Waals surface area (Å²) in [5.41, 5.74) is 0.587. The molecule has 11 heteroatoms. The third-order valence-corrected chi connectivity index (χ3v) is 8.57. The van der Waals surface area contributed by atoms with Crippen LogP contribution in [-0.2, 0) is 19.6 Å². The number of amides is 1. The monoisotopic (exact) mass is 487 g/mol. The number of methoxy groups -OCH3 is 1. The summed E-state index contributed by atoms with van der Waals surface area (Å²) in [6.07, 6.45) is 4.87. The van der Waals surface area contributed by atoms with E-state index in [-0.39, 0.29) is 12.0 Å². The normalized spacial score (nSPS) is 22.7. The number of piperidine rings is 1. The molecule has 0 saturated carbocycles. The number of hydrogen-bond donors (Lipinski definition) is 0. The van der Waals surface area contributed by atoms with Crippen molar-refractivity contribution in [2.75, 3.05) is 38.0 Å². The molecule has 0 spiro atoms. The lowest BCUT2D eigenvalue weighted by atomic mass is 10.0. The number of aromatic nitrogens is 1. The number of nitrogens with zero attached hydrogens (tertiary/aromatic N) is 3. The lowest BCUT2D eigenvalue weighted by molar-refractivity contribution is -0.123. The number of halogens is 1. The van der Waals surface area contributed by atoms with E-state index in [1.165, 1.54) is 15.6 Å². The van der Waals surface area contributed by atoms with Crippen LogP contribution in [0, 0.1) is 0 Å². The molecule has 2 aromatic rings. The maximum Gasteiger partial charge on any atom is 0.247 e. The van der Waals surface area contributed by atoms with Crippen LogP contribution in [0.2, 0.25) is 5.02 Å². The van der Waals surface area contributed by atoms with Crippen molar-refractivity contribution in [3.63, 3.8) is 0 Å². The fraction of sp³-hybridized carbons (Fsp3) is 0.600. The van der Waals surface area contributed by atoms with Gasteiger partial charge in [0.1, 0.15) is 17.3 Å². The summed E-state index contributed by atoms with van der Waals surface area (Å²) >= 11 is 7.69. The molecule has 2 atom stereocenters. The summed E-state index contributed by atoms with van der Waals surface area (Å²) in [5, 5.41) is 1.00. The van der Waals surface area contributed by atoms with E-state index in [1.54, 1.807) is 24.1 Å². The van der Waals surface area contributed by atoms with Crippen LogP contribution < -0.4 is 9.64 Å². The van der Waals surface area contributed by atoms with Crippen molar-refractivity contribution in [1.82, 2.24) is 9.29 Å². The van der Waals surface area contributed by atoms with Gasteiger partial charge in [-0.15, -0.1) is 0 Å². The Bertz CT molecular complexity index is 1070. The van der Waals surface area contributed by atoms with Crippen molar-refractivity contribution in [2.45, 2.75) is 44.2 Å². The van der Waals surface area contributed by atoms with Gasteiger partial charge in [0.2, 0.25) is 15.9 Å². The van der Waals surface area contributed by atoms with E-state index in [0.717, 1.165) is 36.6 Å². The average Bonchev–Trinajstić information content (AvgIpc) is 3.41. The number of benzene rings is 1. The van der Waals surface area contributed by atoms with Crippen LogP contribution >= 0.6 is 22.9 Å². The molecule has 1 amide bonds. The molecule has 31 heavy (non-hydrogen) atoms. The second kappa shape index (κ2) is 9.19. The first kappa shape index (κ1) is 22.7. The number of thiazole rings is 1. The first-order valence-corrected chi connectivity index (χ1v) is 13.4. The Morgan fingerprint density at radius 3 is 2.84 bits per heavy atom. The van der Waals surface area contributed by atoms with Gasteiger partial charge < -0.3 is 9.47 Å². The first-order chi connectivity index (χ1) is 14.8. The Kier molecular flexibility index (Phi) is 6.73. The molecule has 0 aliphatic carbocycles. The third kappa shape index (κ3) is 4.68. The standard InChI is InChI=1S/C20H26ClN3O5S2/c1-28-16-9-8-14(21)18-17(16)22-20(30-18)23(12-13-6-5-11-29-13)19(25)15-7-3-4-10-24(15)31(2,26)27/h8-9,13,15H,3-7,10-12H2,1-2H3. The van der Waals surface area contributed by atoms with Gasteiger partial charge in [0.15, 0.2) is 5.13 Å². The van der Waals surface area contributed by atoms with Crippen LogP contribution in [-0.4, -0.2) is 68.8 Å². The molecule has 2 fully saturated rings. The summed E-state index contributed by atoms with van der Waals surface area (Å²) in [4.78, 5) is 20.0. The summed E-state index contributed by atoms with van der Waals surface area (Å²) in [6.45, 7) is 1.33. The van der Waals surface area contributed by atoms with Crippen LogP contribution in [0.5, 0.6) is 5.75 Å². The molecule has 0 N–H and O–H groups in total. The van der Waals surface area contributed by atoms with Crippen molar-refractivity contribution < 1.29 is 22.7 Å². The van der Waals surface area contributed by atoms with Gasteiger partial charge in [-0.2, -0.15) is 4.31 Å². The predicted molar refractivity (Wildman–Crippen MR) is 122 cm³/mol. The molecule has 0 radical (unpaired) electrons. The number of fused-ring (bicyclic) bond motifs is 1. The Morgan fingerprint density at radius 2 is 2.16 bits per heavy atom. The minimum atomic E-state index is -3.51. The summed E-state index contributed by atoms with van der Waals surface area (Å²) < 4.78 is 38.0. The zero-order valence-corrected chi connectivity index (χ0v) is 19.9. The number of anilines is 1. The number of ether oxygens (including phenoxy) is 2. The first-order valence-electron chi connectivity index (χ1n) is 10.3. The van der Waals surface area contributed by atoms with Crippen molar-refractivity contribution in [3.8, 4) is 5.75 Å². The molecular formula is C20H26ClN3O5S2. The highest BCUT2D eigenvalue weighted by atomic mass is 35.5. The fourth-order valence-corrected chi connectivity index (χ4v) is 6.59. The van der Waals surface area contributed by atoms with Crippen LogP contribution in [0.15, 0.2) is 12.1 Å². The molecule has 170 valence electrons. The van der Waals surface area contributed by atoms with Crippen LogP contribution in [0.4, 0.5) is 5.13 Å². The highest BCUT2D eigenvalue weighted by molar-refractivity contribution is 7.88. The van der Waals surface area contributed by atoms with E-state index in [9.17, 15) is 13.2 Å². The van der Waals surface area contributed by atoms with Gasteiger partial charge in [0.05, 0.1) is 35.7 Å². The molecule has 2 unspecified atom stereocenters. The number of rotatable bonds is 6. The van der Waals surface area contributed by atoms with Crippen molar-refractivity contribution >= 4 is 54.2 Å². The SMILES string of the molecule is COc1ccc(Cl)c2sc(N(CC3CCCO3)C(=O)C3CCCCN3S(C)(=O)=O)nc12. The van der Waals surface area contributed by atoms with Gasteiger partial charge in [0, 0.05) is 13.2 Å². The summed E-state index contributed by atoms with van der Waals surface area (Å²) in [5.74, 6) is 0.302. The highest BCUT2D eigenvalue weighted by Crippen LogP contribution is 2.39. The number of sulfonamides is 1. The topological polar surface area (TPSA) is 89.0 Å². The third-order valence-electron chi connectivity index (χ3n) is 5.74. The van der Waals surface area contributed by atoms with Gasteiger partial charge in [-0.05, 0) is 37.8 Å². The fourth-order valence-electron chi connectivity index (χ4n) is 4.20. The van der Waals surface area contributed by atoms with E-state index in [2.05, 4.69) is 4.98 Å². The van der Waals surface area contributed by atoms with E-state index < -0.39 is 16.1 Å². The Labute approximate surface area is 191 Å². The van der Waals surface area contributed by atoms with E-state index in [0.29, 0.717) is 47.5 Å². The van der Waals surface area contributed by atoms with Gasteiger partial charge in [-0.3, -0.25) is 9.69 Å². The van der Waals surface area contributed by atoms with Gasteiger partial charge in [-0.1, -0.05) is 29.4 Å². The van der Waals surface area contributed by atoms with Gasteiger partial charge in [0.25, 0.3) is 0 Å². The van der Waals surface area contributed by atoms with Gasteiger partial charge in [-0.25, -0.2) is 13.4 Å². The van der Waals surface area contributed by atoms with Crippen LogP contribution in [0.25, 0.3) is 10.2 Å². The molecule has 8 nitrogen and oxygen atoms in total. The lowest BCUT2D eigenvalue weighted by Crippen LogP contribution is -2.54. The zero-order chi connectivity index (χ0) is 22.2. The largest absolute Gasteiger partial charge is 0.494 e. The molecule has 2 saturated heterocycles. The maximum absolute atomic E-state index is 13.7. The van der Waals surface area contributed by atoms with Crippen molar-refractivity contribution in [3.05, 3.63) is 17.2 Å². The molecule has 1 aromatic carbocycles. The summed E-state index contributed by atoms with van der Waals surface area (Å²) in [6, 6.07) is 2.74. The quantitative estimate of drug-likeness (QED) is 0.621. The molecular weight excluding hydrogens is 462 g/mol. The van der Waals surface area contributed by atoms with E-state index in [4.69, 9.17) is 21.1 Å². The van der Waals surface area contributed by atoms with Crippen LogP contribution in [0.3, 0.4) is 0 Å². The Morgan fingerprint density at radius 1 is 1.35 bits per heavy atom.